The maximum atomic E-state index is 12.9. The Balaban J connectivity index is 2.45. The van der Waals surface area contributed by atoms with E-state index in [1.165, 1.54) is 12.1 Å². The first-order valence-electron chi connectivity index (χ1n) is 6.06. The van der Waals surface area contributed by atoms with Gasteiger partial charge in [-0.2, -0.15) is 26.3 Å². The van der Waals surface area contributed by atoms with Crippen LogP contribution in [-0.2, 0) is 18.2 Å². The molecule has 2 rings (SSSR count). The normalized spacial score (nSPS) is 12.5. The lowest BCUT2D eigenvalue weighted by molar-refractivity contribution is -0.138. The molecule has 0 N–H and O–H groups in total. The van der Waals surface area contributed by atoms with Crippen LogP contribution in [0.1, 0.15) is 16.7 Å². The number of alkyl halides is 7. The summed E-state index contributed by atoms with van der Waals surface area (Å²) in [7, 11) is 0. The molecular weight excluding hydrogens is 330 g/mol. The minimum atomic E-state index is -4.58. The van der Waals surface area contributed by atoms with Gasteiger partial charge < -0.3 is 0 Å². The van der Waals surface area contributed by atoms with Crippen LogP contribution in [0.25, 0.3) is 11.1 Å². The second kappa shape index (κ2) is 5.83. The van der Waals surface area contributed by atoms with Gasteiger partial charge in [0, 0.05) is 5.88 Å². The SMILES string of the molecule is FC(F)(F)c1ccc(-c2ccc(CCl)c(C(F)(F)F)c2)cc1. The molecule has 0 unspecified atom stereocenters. The Morgan fingerprint density at radius 1 is 0.727 bits per heavy atom. The fourth-order valence-corrected chi connectivity index (χ4v) is 2.22. The van der Waals surface area contributed by atoms with Gasteiger partial charge in [0.15, 0.2) is 0 Å². The van der Waals surface area contributed by atoms with Crippen molar-refractivity contribution in [2.45, 2.75) is 18.2 Å². The van der Waals surface area contributed by atoms with Crippen LogP contribution in [0, 0.1) is 0 Å². The van der Waals surface area contributed by atoms with Crippen molar-refractivity contribution >= 4 is 11.6 Å². The van der Waals surface area contributed by atoms with Gasteiger partial charge >= 0.3 is 12.4 Å². The lowest BCUT2D eigenvalue weighted by Gasteiger charge is -2.14. The molecule has 0 spiro atoms. The van der Waals surface area contributed by atoms with Crippen LogP contribution in [0.2, 0.25) is 0 Å². The molecule has 0 bridgehead atoms. The molecule has 7 heteroatoms. The van der Waals surface area contributed by atoms with Crippen molar-refractivity contribution in [3.8, 4) is 11.1 Å². The zero-order valence-electron chi connectivity index (χ0n) is 10.9. The molecule has 0 radical (unpaired) electrons. The van der Waals surface area contributed by atoms with Crippen molar-refractivity contribution < 1.29 is 26.3 Å². The minimum Gasteiger partial charge on any atom is -0.166 e. The molecule has 0 atom stereocenters. The van der Waals surface area contributed by atoms with Gasteiger partial charge in [-0.3, -0.25) is 0 Å². The molecule has 0 aliphatic heterocycles. The van der Waals surface area contributed by atoms with Gasteiger partial charge in [-0.25, -0.2) is 0 Å². The second-order valence-electron chi connectivity index (χ2n) is 4.58. The average molecular weight is 339 g/mol. The van der Waals surface area contributed by atoms with Gasteiger partial charge in [0.05, 0.1) is 11.1 Å². The summed E-state index contributed by atoms with van der Waals surface area (Å²) in [6.45, 7) is 0. The van der Waals surface area contributed by atoms with Crippen molar-refractivity contribution in [1.82, 2.24) is 0 Å². The number of benzene rings is 2. The monoisotopic (exact) mass is 338 g/mol. The maximum absolute atomic E-state index is 12.9. The van der Waals surface area contributed by atoms with Gasteiger partial charge in [-0.15, -0.1) is 11.6 Å². The molecule has 118 valence electrons. The largest absolute Gasteiger partial charge is 0.416 e. The standard InChI is InChI=1S/C15H9ClF6/c16-8-11-2-1-10(7-13(11)15(20,21)22)9-3-5-12(6-4-9)14(17,18)19/h1-7H,8H2. The molecular formula is C15H9ClF6. The highest BCUT2D eigenvalue weighted by Crippen LogP contribution is 2.36. The van der Waals surface area contributed by atoms with Crippen molar-refractivity contribution in [2.24, 2.45) is 0 Å². The Bertz CT molecular complexity index is 655. The number of rotatable bonds is 2. The van der Waals surface area contributed by atoms with Crippen molar-refractivity contribution in [1.29, 1.82) is 0 Å². The summed E-state index contributed by atoms with van der Waals surface area (Å²) in [5, 5.41) is 0. The van der Waals surface area contributed by atoms with Gasteiger partial charge in [0.25, 0.3) is 0 Å². The smallest absolute Gasteiger partial charge is 0.166 e. The van der Waals surface area contributed by atoms with E-state index >= 15 is 0 Å². The molecule has 0 nitrogen and oxygen atoms in total. The molecule has 2 aromatic rings. The van der Waals surface area contributed by atoms with E-state index in [4.69, 9.17) is 11.6 Å². The van der Waals surface area contributed by atoms with Gasteiger partial charge in [0.1, 0.15) is 0 Å². The van der Waals surface area contributed by atoms with E-state index in [0.717, 1.165) is 30.3 Å². The fraction of sp³-hybridized carbons (Fsp3) is 0.200. The minimum absolute atomic E-state index is 0.0789. The Morgan fingerprint density at radius 3 is 1.73 bits per heavy atom. The third-order valence-corrected chi connectivity index (χ3v) is 3.39. The third kappa shape index (κ3) is 3.55. The van der Waals surface area contributed by atoms with Crippen LogP contribution < -0.4 is 0 Å². The summed E-state index contributed by atoms with van der Waals surface area (Å²) in [6.07, 6.45) is -9.07. The molecule has 2 aromatic carbocycles. The Morgan fingerprint density at radius 2 is 1.27 bits per heavy atom. The first-order valence-corrected chi connectivity index (χ1v) is 6.60. The maximum Gasteiger partial charge on any atom is 0.416 e. The van der Waals surface area contributed by atoms with Crippen molar-refractivity contribution in [3.63, 3.8) is 0 Å². The number of hydrogen-bond donors (Lipinski definition) is 0. The predicted molar refractivity (Wildman–Crippen MR) is 71.4 cm³/mol. The van der Waals surface area contributed by atoms with Gasteiger partial charge in [-0.05, 0) is 34.9 Å². The summed E-state index contributed by atoms with van der Waals surface area (Å²) in [6, 6.07) is 7.45. The summed E-state index contributed by atoms with van der Waals surface area (Å²) < 4.78 is 76.3. The zero-order valence-corrected chi connectivity index (χ0v) is 11.7. The molecule has 0 heterocycles. The molecule has 0 amide bonds. The summed E-state index contributed by atoms with van der Waals surface area (Å²) in [5.74, 6) is -0.303. The zero-order chi connectivity index (χ0) is 16.5. The lowest BCUT2D eigenvalue weighted by atomic mass is 9.98. The Labute approximate surface area is 127 Å². The van der Waals surface area contributed by atoms with Crippen LogP contribution in [0.3, 0.4) is 0 Å². The topological polar surface area (TPSA) is 0 Å². The summed E-state index contributed by atoms with van der Waals surface area (Å²) in [5.41, 5.74) is -1.39. The van der Waals surface area contributed by atoms with E-state index in [1.807, 2.05) is 0 Å². The van der Waals surface area contributed by atoms with Crippen molar-refractivity contribution in [3.05, 3.63) is 59.2 Å². The van der Waals surface area contributed by atoms with E-state index < -0.39 is 23.5 Å². The van der Waals surface area contributed by atoms with Crippen LogP contribution in [-0.4, -0.2) is 0 Å². The Hall–Kier alpha value is -1.69. The third-order valence-electron chi connectivity index (χ3n) is 3.10. The van der Waals surface area contributed by atoms with E-state index in [0.29, 0.717) is 0 Å². The van der Waals surface area contributed by atoms with Gasteiger partial charge in [0.2, 0.25) is 0 Å². The summed E-state index contributed by atoms with van der Waals surface area (Å²) >= 11 is 5.48. The molecule has 0 aliphatic carbocycles. The number of hydrogen-bond acceptors (Lipinski definition) is 0. The van der Waals surface area contributed by atoms with Crippen LogP contribution in [0.5, 0.6) is 0 Å². The molecule has 0 fully saturated rings. The average Bonchev–Trinajstić information content (AvgIpc) is 2.45. The van der Waals surface area contributed by atoms with Crippen LogP contribution in [0.4, 0.5) is 26.3 Å². The fourth-order valence-electron chi connectivity index (χ4n) is 1.99. The molecule has 0 aromatic heterocycles. The predicted octanol–water partition coefficient (Wildman–Crippen LogP) is 6.13. The first-order chi connectivity index (χ1) is 10.1. The summed E-state index contributed by atoms with van der Waals surface area (Å²) in [4.78, 5) is 0. The van der Waals surface area contributed by atoms with Crippen LogP contribution >= 0.6 is 11.6 Å². The number of halogens is 7. The molecule has 0 saturated carbocycles. The van der Waals surface area contributed by atoms with Crippen molar-refractivity contribution in [2.75, 3.05) is 0 Å². The Kier molecular flexibility index (Phi) is 4.42. The van der Waals surface area contributed by atoms with E-state index in [1.54, 1.807) is 0 Å². The highest BCUT2D eigenvalue weighted by atomic mass is 35.5. The van der Waals surface area contributed by atoms with E-state index in [9.17, 15) is 26.3 Å². The van der Waals surface area contributed by atoms with E-state index in [2.05, 4.69) is 0 Å². The van der Waals surface area contributed by atoms with Crippen LogP contribution in [0.15, 0.2) is 42.5 Å². The molecule has 0 aliphatic rings. The quantitative estimate of drug-likeness (QED) is 0.456. The molecule has 0 saturated heterocycles. The lowest BCUT2D eigenvalue weighted by Crippen LogP contribution is -2.08. The highest BCUT2D eigenvalue weighted by molar-refractivity contribution is 6.17. The van der Waals surface area contributed by atoms with E-state index in [-0.39, 0.29) is 22.6 Å². The van der Waals surface area contributed by atoms with Gasteiger partial charge in [-0.1, -0.05) is 24.3 Å². The first kappa shape index (κ1) is 16.7. The molecule has 22 heavy (non-hydrogen) atoms. The highest BCUT2D eigenvalue weighted by Gasteiger charge is 2.33. The second-order valence-corrected chi connectivity index (χ2v) is 4.85.